The summed E-state index contributed by atoms with van der Waals surface area (Å²) in [7, 11) is 0. The van der Waals surface area contributed by atoms with Crippen molar-refractivity contribution in [1.82, 2.24) is 9.80 Å². The number of halogens is 1. The fourth-order valence-electron chi connectivity index (χ4n) is 3.74. The van der Waals surface area contributed by atoms with E-state index in [1.54, 1.807) is 30.0 Å². The molecule has 1 aromatic carbocycles. The molecule has 7 heteroatoms. The van der Waals surface area contributed by atoms with Crippen LogP contribution in [0.5, 0.6) is 0 Å². The molecule has 3 atom stereocenters. The van der Waals surface area contributed by atoms with E-state index in [1.165, 1.54) is 0 Å². The predicted octanol–water partition coefficient (Wildman–Crippen LogP) is 1.99. The monoisotopic (exact) mass is 379 g/mol. The van der Waals surface area contributed by atoms with Gasteiger partial charge in [0.2, 0.25) is 5.91 Å². The Bertz CT molecular complexity index is 735. The standard InChI is InChI=1S/C19H25N3O3.ClH/c1-11-6-7-15-16(9-11)19(25)22(18(15)24)13(3)17(23)21-8-4-5-14(10-21)12(2)20;/h6-7,9,12-14H,4-5,8,10,20H2,1-3H3;1H. The van der Waals surface area contributed by atoms with Gasteiger partial charge < -0.3 is 10.6 Å². The minimum Gasteiger partial charge on any atom is -0.341 e. The van der Waals surface area contributed by atoms with E-state index >= 15 is 0 Å². The van der Waals surface area contributed by atoms with Crippen molar-refractivity contribution in [1.29, 1.82) is 0 Å². The molecular weight excluding hydrogens is 354 g/mol. The van der Waals surface area contributed by atoms with Gasteiger partial charge in [-0.3, -0.25) is 19.3 Å². The van der Waals surface area contributed by atoms with Gasteiger partial charge in [-0.15, -0.1) is 12.4 Å². The second-order valence-corrected chi connectivity index (χ2v) is 7.25. The highest BCUT2D eigenvalue weighted by molar-refractivity contribution is 6.22. The Morgan fingerprint density at radius 1 is 1.19 bits per heavy atom. The van der Waals surface area contributed by atoms with Crippen molar-refractivity contribution in [3.05, 3.63) is 34.9 Å². The topological polar surface area (TPSA) is 83.7 Å². The lowest BCUT2D eigenvalue weighted by molar-refractivity contribution is -0.136. The molecule has 26 heavy (non-hydrogen) atoms. The highest BCUT2D eigenvalue weighted by Gasteiger charge is 2.42. The van der Waals surface area contributed by atoms with Crippen molar-refractivity contribution in [2.24, 2.45) is 11.7 Å². The van der Waals surface area contributed by atoms with Gasteiger partial charge in [-0.2, -0.15) is 0 Å². The van der Waals surface area contributed by atoms with Gasteiger partial charge >= 0.3 is 0 Å². The Kier molecular flexibility index (Phi) is 6.09. The van der Waals surface area contributed by atoms with Crippen LogP contribution in [0.3, 0.4) is 0 Å². The van der Waals surface area contributed by atoms with Crippen LogP contribution in [-0.4, -0.2) is 52.7 Å². The van der Waals surface area contributed by atoms with E-state index in [4.69, 9.17) is 5.73 Å². The number of rotatable bonds is 3. The third kappa shape index (κ3) is 3.48. The second kappa shape index (κ2) is 7.76. The molecule has 2 aliphatic heterocycles. The normalized spacial score (nSPS) is 21.9. The number of benzene rings is 1. The van der Waals surface area contributed by atoms with Crippen LogP contribution in [0.2, 0.25) is 0 Å². The van der Waals surface area contributed by atoms with Gasteiger partial charge in [0, 0.05) is 19.1 Å². The number of amides is 3. The number of carbonyl (C=O) groups is 3. The minimum atomic E-state index is -0.806. The van der Waals surface area contributed by atoms with Crippen molar-refractivity contribution in [3.8, 4) is 0 Å². The van der Waals surface area contributed by atoms with Crippen LogP contribution in [-0.2, 0) is 4.79 Å². The second-order valence-electron chi connectivity index (χ2n) is 7.25. The number of imide groups is 1. The van der Waals surface area contributed by atoms with Crippen LogP contribution in [0.25, 0.3) is 0 Å². The number of hydrogen-bond donors (Lipinski definition) is 1. The van der Waals surface area contributed by atoms with Gasteiger partial charge in [0.05, 0.1) is 11.1 Å². The van der Waals surface area contributed by atoms with Gasteiger partial charge in [0.15, 0.2) is 0 Å². The molecule has 6 nitrogen and oxygen atoms in total. The molecule has 1 saturated heterocycles. The number of nitrogens with two attached hydrogens (primary N) is 1. The average molecular weight is 380 g/mol. The van der Waals surface area contributed by atoms with Gasteiger partial charge in [-0.25, -0.2) is 0 Å². The van der Waals surface area contributed by atoms with E-state index in [9.17, 15) is 14.4 Å². The van der Waals surface area contributed by atoms with Crippen LogP contribution < -0.4 is 5.73 Å². The number of carbonyl (C=O) groups excluding carboxylic acids is 3. The summed E-state index contributed by atoms with van der Waals surface area (Å²) in [6.45, 7) is 6.69. The maximum Gasteiger partial charge on any atom is 0.262 e. The first kappa shape index (κ1) is 20.4. The van der Waals surface area contributed by atoms with Gasteiger partial charge in [-0.1, -0.05) is 11.6 Å². The van der Waals surface area contributed by atoms with E-state index in [-0.39, 0.29) is 42.1 Å². The lowest BCUT2D eigenvalue weighted by atomic mass is 9.92. The lowest BCUT2D eigenvalue weighted by Gasteiger charge is -2.37. The Morgan fingerprint density at radius 2 is 1.85 bits per heavy atom. The first-order valence-corrected chi connectivity index (χ1v) is 8.84. The molecule has 0 saturated carbocycles. The van der Waals surface area contributed by atoms with Crippen LogP contribution in [0, 0.1) is 12.8 Å². The number of fused-ring (bicyclic) bond motifs is 1. The van der Waals surface area contributed by atoms with Gasteiger partial charge in [0.25, 0.3) is 11.8 Å². The van der Waals surface area contributed by atoms with Crippen LogP contribution in [0.4, 0.5) is 0 Å². The number of piperidine rings is 1. The molecular formula is C19H26ClN3O3. The van der Waals surface area contributed by atoms with Crippen LogP contribution in [0.15, 0.2) is 18.2 Å². The zero-order chi connectivity index (χ0) is 18.3. The van der Waals surface area contributed by atoms with E-state index in [0.717, 1.165) is 23.3 Å². The van der Waals surface area contributed by atoms with Crippen molar-refractivity contribution in [3.63, 3.8) is 0 Å². The minimum absolute atomic E-state index is 0. The molecule has 1 fully saturated rings. The van der Waals surface area contributed by atoms with Crippen molar-refractivity contribution in [2.45, 2.75) is 45.7 Å². The average Bonchev–Trinajstić information content (AvgIpc) is 2.84. The van der Waals surface area contributed by atoms with Crippen LogP contribution >= 0.6 is 12.4 Å². The smallest absolute Gasteiger partial charge is 0.262 e. The Hall–Kier alpha value is -1.92. The zero-order valence-electron chi connectivity index (χ0n) is 15.4. The number of nitrogens with zero attached hydrogens (tertiary/aromatic N) is 2. The summed E-state index contributed by atoms with van der Waals surface area (Å²) in [5.41, 5.74) is 7.66. The molecule has 142 valence electrons. The van der Waals surface area contributed by atoms with Gasteiger partial charge in [-0.05, 0) is 51.7 Å². The summed E-state index contributed by atoms with van der Waals surface area (Å²) in [6.07, 6.45) is 1.90. The molecule has 2 aliphatic rings. The summed E-state index contributed by atoms with van der Waals surface area (Å²) in [5, 5.41) is 0. The van der Waals surface area contributed by atoms with Crippen molar-refractivity contribution in [2.75, 3.05) is 13.1 Å². The fourth-order valence-corrected chi connectivity index (χ4v) is 3.74. The van der Waals surface area contributed by atoms with Crippen molar-refractivity contribution >= 4 is 30.1 Å². The SMILES string of the molecule is Cc1ccc2c(c1)C(=O)N(C(C)C(=O)N1CCCC(C(C)N)C1)C2=O.Cl. The molecule has 2 heterocycles. The molecule has 0 aliphatic carbocycles. The maximum atomic E-state index is 12.9. The molecule has 0 aromatic heterocycles. The lowest BCUT2D eigenvalue weighted by Crippen LogP contribution is -2.53. The highest BCUT2D eigenvalue weighted by atomic mass is 35.5. The van der Waals surface area contributed by atoms with E-state index in [1.807, 2.05) is 13.8 Å². The number of likely N-dealkylation sites (tertiary alicyclic amines) is 1. The molecule has 2 N–H and O–H groups in total. The van der Waals surface area contributed by atoms with Gasteiger partial charge in [0.1, 0.15) is 6.04 Å². The fraction of sp³-hybridized carbons (Fsp3) is 0.526. The van der Waals surface area contributed by atoms with Crippen molar-refractivity contribution < 1.29 is 14.4 Å². The highest BCUT2D eigenvalue weighted by Crippen LogP contribution is 2.27. The van der Waals surface area contributed by atoms with E-state index in [0.29, 0.717) is 24.2 Å². The Labute approximate surface area is 160 Å². The summed E-state index contributed by atoms with van der Waals surface area (Å²) in [5.74, 6) is -0.696. The van der Waals surface area contributed by atoms with E-state index < -0.39 is 6.04 Å². The Morgan fingerprint density at radius 3 is 2.50 bits per heavy atom. The number of aryl methyl sites for hydroxylation is 1. The molecule has 0 radical (unpaired) electrons. The van der Waals surface area contributed by atoms with E-state index in [2.05, 4.69) is 0 Å². The maximum absolute atomic E-state index is 12.9. The third-order valence-corrected chi connectivity index (χ3v) is 5.33. The first-order valence-electron chi connectivity index (χ1n) is 8.84. The molecule has 1 aromatic rings. The summed E-state index contributed by atoms with van der Waals surface area (Å²) in [4.78, 5) is 41.1. The summed E-state index contributed by atoms with van der Waals surface area (Å²) in [6, 6.07) is 4.39. The zero-order valence-corrected chi connectivity index (χ0v) is 16.2. The molecule has 0 bridgehead atoms. The Balaban J connectivity index is 0.00000243. The number of hydrogen-bond acceptors (Lipinski definition) is 4. The molecule has 3 rings (SSSR count). The third-order valence-electron chi connectivity index (χ3n) is 5.33. The van der Waals surface area contributed by atoms with Crippen LogP contribution in [0.1, 0.15) is 53.0 Å². The quantitative estimate of drug-likeness (QED) is 0.814. The molecule has 0 spiro atoms. The molecule has 3 amide bonds. The first-order chi connectivity index (χ1) is 11.8. The summed E-state index contributed by atoms with van der Waals surface area (Å²) >= 11 is 0. The largest absolute Gasteiger partial charge is 0.341 e. The predicted molar refractivity (Wildman–Crippen MR) is 101 cm³/mol. The molecule has 3 unspecified atom stereocenters. The summed E-state index contributed by atoms with van der Waals surface area (Å²) < 4.78 is 0.